The van der Waals surface area contributed by atoms with Gasteiger partial charge < -0.3 is 15.0 Å². The first-order chi connectivity index (χ1) is 16.6. The lowest BCUT2D eigenvalue weighted by atomic mass is 10.1. The van der Waals surface area contributed by atoms with Gasteiger partial charge in [0, 0.05) is 30.5 Å². The first-order valence-electron chi connectivity index (χ1n) is 11.2. The zero-order chi connectivity index (χ0) is 25.2. The maximum absolute atomic E-state index is 12.3. The largest absolute Gasteiger partial charge is 0.444 e. The lowest BCUT2D eigenvalue weighted by Gasteiger charge is -2.33. The number of benzene rings is 1. The first-order valence-corrected chi connectivity index (χ1v) is 11.5. The lowest BCUT2D eigenvalue weighted by Crippen LogP contribution is -2.42. The van der Waals surface area contributed by atoms with Crippen LogP contribution in [0.4, 0.5) is 22.0 Å². The van der Waals surface area contributed by atoms with Gasteiger partial charge in [0.1, 0.15) is 11.8 Å². The highest BCUT2D eigenvalue weighted by Crippen LogP contribution is 2.29. The van der Waals surface area contributed by atoms with Gasteiger partial charge in [0.25, 0.3) is 0 Å². The summed E-state index contributed by atoms with van der Waals surface area (Å²) >= 11 is 5.79. The molecule has 3 heterocycles. The number of nitro groups is 1. The molecule has 35 heavy (non-hydrogen) atoms. The minimum Gasteiger partial charge on any atom is -0.444 e. The molecule has 11 nitrogen and oxygen atoms in total. The third-order valence-electron chi connectivity index (χ3n) is 5.51. The fraction of sp³-hybridized carbons (Fsp3) is 0.391. The predicted octanol–water partition coefficient (Wildman–Crippen LogP) is 5.22. The zero-order valence-electron chi connectivity index (χ0n) is 19.6. The van der Waals surface area contributed by atoms with E-state index in [0.717, 1.165) is 30.2 Å². The fourth-order valence-corrected chi connectivity index (χ4v) is 3.92. The van der Waals surface area contributed by atoms with Crippen molar-refractivity contribution in [2.45, 2.75) is 45.3 Å². The SMILES string of the molecule is CC(C)(C)OC(=O)N1CCC(n2cc(-c3ccc(Nc4nc(Cl)ncc4[N+](=O)[O-])cc3)cn2)CC1. The number of anilines is 2. The molecule has 1 aliphatic rings. The summed E-state index contributed by atoms with van der Waals surface area (Å²) < 4.78 is 7.41. The molecule has 4 rings (SSSR count). The van der Waals surface area contributed by atoms with Gasteiger partial charge in [-0.05, 0) is 62.9 Å². The van der Waals surface area contributed by atoms with Crippen LogP contribution in [-0.2, 0) is 4.74 Å². The van der Waals surface area contributed by atoms with Crippen LogP contribution >= 0.6 is 11.6 Å². The number of carbonyl (C=O) groups excluding carboxylic acids is 1. The number of ether oxygens (including phenoxy) is 1. The minimum absolute atomic E-state index is 0.0216. The molecule has 184 valence electrons. The predicted molar refractivity (Wildman–Crippen MR) is 131 cm³/mol. The van der Waals surface area contributed by atoms with E-state index in [-0.39, 0.29) is 28.9 Å². The number of piperidine rings is 1. The number of hydrogen-bond donors (Lipinski definition) is 1. The molecule has 3 aromatic rings. The second kappa shape index (κ2) is 9.87. The summed E-state index contributed by atoms with van der Waals surface area (Å²) in [4.78, 5) is 32.2. The van der Waals surface area contributed by atoms with E-state index in [2.05, 4.69) is 20.4 Å². The molecule has 2 aromatic heterocycles. The minimum atomic E-state index is -0.570. The average Bonchev–Trinajstić information content (AvgIpc) is 3.29. The summed E-state index contributed by atoms with van der Waals surface area (Å²) in [6.07, 6.45) is 6.18. The van der Waals surface area contributed by atoms with Crippen molar-refractivity contribution in [1.29, 1.82) is 0 Å². The number of rotatable bonds is 5. The van der Waals surface area contributed by atoms with Crippen molar-refractivity contribution in [3.8, 4) is 11.1 Å². The molecular weight excluding hydrogens is 474 g/mol. The van der Waals surface area contributed by atoms with Crippen LogP contribution in [0.2, 0.25) is 5.28 Å². The van der Waals surface area contributed by atoms with Crippen LogP contribution in [0.25, 0.3) is 11.1 Å². The molecule has 0 spiro atoms. The van der Waals surface area contributed by atoms with E-state index in [1.807, 2.05) is 43.8 Å². The molecule has 1 saturated heterocycles. The zero-order valence-corrected chi connectivity index (χ0v) is 20.4. The van der Waals surface area contributed by atoms with E-state index in [0.29, 0.717) is 18.8 Å². The van der Waals surface area contributed by atoms with Crippen molar-refractivity contribution in [3.05, 3.63) is 58.3 Å². The van der Waals surface area contributed by atoms with Crippen LogP contribution in [0, 0.1) is 10.1 Å². The summed E-state index contributed by atoms with van der Waals surface area (Å²) in [5, 5.41) is 18.6. The van der Waals surface area contributed by atoms with Crippen LogP contribution < -0.4 is 5.32 Å². The van der Waals surface area contributed by atoms with Gasteiger partial charge in [-0.2, -0.15) is 10.1 Å². The van der Waals surface area contributed by atoms with Gasteiger partial charge in [-0.3, -0.25) is 14.8 Å². The van der Waals surface area contributed by atoms with Gasteiger partial charge in [0.15, 0.2) is 0 Å². The normalized spacial score (nSPS) is 14.6. The van der Waals surface area contributed by atoms with Crippen molar-refractivity contribution in [2.75, 3.05) is 18.4 Å². The Morgan fingerprint density at radius 2 is 1.86 bits per heavy atom. The third kappa shape index (κ3) is 6.04. The number of nitrogens with zero attached hydrogens (tertiary/aromatic N) is 6. The van der Waals surface area contributed by atoms with Gasteiger partial charge in [-0.1, -0.05) is 12.1 Å². The van der Waals surface area contributed by atoms with E-state index >= 15 is 0 Å². The number of halogens is 1. The molecule has 0 aliphatic carbocycles. The van der Waals surface area contributed by atoms with Crippen molar-refractivity contribution in [1.82, 2.24) is 24.6 Å². The molecule has 1 aliphatic heterocycles. The van der Waals surface area contributed by atoms with Gasteiger partial charge in [-0.15, -0.1) is 0 Å². The molecule has 0 bridgehead atoms. The van der Waals surface area contributed by atoms with E-state index in [1.165, 1.54) is 0 Å². The summed E-state index contributed by atoms with van der Waals surface area (Å²) in [6.45, 7) is 6.83. The second-order valence-electron chi connectivity index (χ2n) is 9.24. The third-order valence-corrected chi connectivity index (χ3v) is 5.69. The Labute approximate surface area is 207 Å². The van der Waals surface area contributed by atoms with Crippen molar-refractivity contribution in [3.63, 3.8) is 0 Å². The van der Waals surface area contributed by atoms with Gasteiger partial charge in [-0.25, -0.2) is 9.78 Å². The molecular formula is C23H26ClN7O4. The number of carbonyl (C=O) groups is 1. The Morgan fingerprint density at radius 3 is 2.49 bits per heavy atom. The standard InChI is InChI=1S/C23H26ClN7O4/c1-23(2,3)35-22(32)29-10-8-18(9-11-29)30-14-16(12-26-30)15-4-6-17(7-5-15)27-20-19(31(33)34)13-25-21(24)28-20/h4-7,12-14,18H,8-11H2,1-3H3,(H,25,27,28). The monoisotopic (exact) mass is 499 g/mol. The van der Waals surface area contributed by atoms with Gasteiger partial charge in [0.2, 0.25) is 11.1 Å². The summed E-state index contributed by atoms with van der Waals surface area (Å²) in [5.41, 5.74) is 1.74. The van der Waals surface area contributed by atoms with E-state index in [1.54, 1.807) is 23.2 Å². The molecule has 0 unspecified atom stereocenters. The molecule has 1 fully saturated rings. The Morgan fingerprint density at radius 1 is 1.17 bits per heavy atom. The molecule has 0 radical (unpaired) electrons. The fourth-order valence-electron chi connectivity index (χ4n) is 3.79. The molecule has 1 amide bonds. The van der Waals surface area contributed by atoms with Crippen molar-refractivity contribution >= 4 is 34.9 Å². The number of amides is 1. The van der Waals surface area contributed by atoms with Crippen LogP contribution in [0.1, 0.15) is 39.7 Å². The van der Waals surface area contributed by atoms with Crippen LogP contribution in [0.3, 0.4) is 0 Å². The topological polar surface area (TPSA) is 128 Å². The Balaban J connectivity index is 1.39. The van der Waals surface area contributed by atoms with E-state index in [9.17, 15) is 14.9 Å². The highest BCUT2D eigenvalue weighted by molar-refractivity contribution is 6.28. The smallest absolute Gasteiger partial charge is 0.410 e. The summed E-state index contributed by atoms with van der Waals surface area (Å²) in [7, 11) is 0. The second-order valence-corrected chi connectivity index (χ2v) is 9.58. The number of aromatic nitrogens is 4. The maximum Gasteiger partial charge on any atom is 0.410 e. The van der Waals surface area contributed by atoms with Gasteiger partial charge >= 0.3 is 11.8 Å². The Kier molecular flexibility index (Phi) is 6.88. The Hall–Kier alpha value is -3.73. The van der Waals surface area contributed by atoms with Crippen LogP contribution in [0.15, 0.2) is 42.9 Å². The van der Waals surface area contributed by atoms with Crippen molar-refractivity contribution < 1.29 is 14.5 Å². The van der Waals surface area contributed by atoms with Crippen molar-refractivity contribution in [2.24, 2.45) is 0 Å². The summed E-state index contributed by atoms with van der Waals surface area (Å²) in [5.74, 6) is 0.0216. The first kappa shape index (κ1) is 24.4. The van der Waals surface area contributed by atoms with Crippen LogP contribution in [0.5, 0.6) is 0 Å². The quantitative estimate of drug-likeness (QED) is 0.287. The highest BCUT2D eigenvalue weighted by atomic mass is 35.5. The molecule has 0 saturated carbocycles. The molecule has 12 heteroatoms. The lowest BCUT2D eigenvalue weighted by molar-refractivity contribution is -0.384. The van der Waals surface area contributed by atoms with Crippen LogP contribution in [-0.4, -0.2) is 54.4 Å². The maximum atomic E-state index is 12.3. The molecule has 1 N–H and O–H groups in total. The van der Waals surface area contributed by atoms with E-state index < -0.39 is 10.5 Å². The molecule has 1 aromatic carbocycles. The summed E-state index contributed by atoms with van der Waals surface area (Å²) in [6, 6.07) is 7.58. The molecule has 0 atom stereocenters. The Bertz CT molecular complexity index is 1220. The van der Waals surface area contributed by atoms with E-state index in [4.69, 9.17) is 16.3 Å². The average molecular weight is 500 g/mol. The van der Waals surface area contributed by atoms with Gasteiger partial charge in [0.05, 0.1) is 17.2 Å². The number of hydrogen-bond acceptors (Lipinski definition) is 8. The highest BCUT2D eigenvalue weighted by Gasteiger charge is 2.28. The number of likely N-dealkylation sites (tertiary alicyclic amines) is 1. The number of nitrogens with one attached hydrogen (secondary N) is 1.